The number of hydrogen-bond acceptors (Lipinski definition) is 5. The fourth-order valence-corrected chi connectivity index (χ4v) is 2.04. The maximum atomic E-state index is 11.8. The summed E-state index contributed by atoms with van der Waals surface area (Å²) < 4.78 is 12.3. The van der Waals surface area contributed by atoms with Gasteiger partial charge in [-0.25, -0.2) is 9.78 Å². The van der Waals surface area contributed by atoms with E-state index in [-0.39, 0.29) is 5.69 Å². The molecule has 0 amide bonds. The van der Waals surface area contributed by atoms with Crippen molar-refractivity contribution in [2.45, 2.75) is 33.7 Å². The average molecular weight is 277 g/mol. The Kier molecular flexibility index (Phi) is 4.12. The number of hydrogen-bond donors (Lipinski definition) is 1. The number of esters is 1. The SMILES string of the molecule is CCOC(=O)c1nc(CC)n(Cc2ccc(C)o2)c1N. The van der Waals surface area contributed by atoms with Crippen LogP contribution >= 0.6 is 0 Å². The Balaban J connectivity index is 2.34. The van der Waals surface area contributed by atoms with Gasteiger partial charge in [0.15, 0.2) is 5.69 Å². The van der Waals surface area contributed by atoms with Gasteiger partial charge in [-0.3, -0.25) is 0 Å². The van der Waals surface area contributed by atoms with Crippen molar-refractivity contribution >= 4 is 11.8 Å². The van der Waals surface area contributed by atoms with Crippen LogP contribution in [-0.4, -0.2) is 22.1 Å². The highest BCUT2D eigenvalue weighted by molar-refractivity contribution is 5.92. The molecule has 0 aliphatic rings. The summed E-state index contributed by atoms with van der Waals surface area (Å²) in [5, 5.41) is 0. The standard InChI is InChI=1S/C14H19N3O3/c1-4-11-16-12(14(18)19-5-2)13(15)17(11)8-10-7-6-9(3)20-10/h6-7H,4-5,8,15H2,1-3H3. The lowest BCUT2D eigenvalue weighted by molar-refractivity contribution is 0.0521. The molecule has 2 heterocycles. The first-order valence-electron chi connectivity index (χ1n) is 6.64. The van der Waals surface area contributed by atoms with Crippen molar-refractivity contribution in [3.8, 4) is 0 Å². The largest absolute Gasteiger partial charge is 0.464 e. The number of nitrogen functional groups attached to an aromatic ring is 1. The Labute approximate surface area is 117 Å². The minimum Gasteiger partial charge on any atom is -0.464 e. The zero-order chi connectivity index (χ0) is 14.7. The summed E-state index contributed by atoms with van der Waals surface area (Å²) >= 11 is 0. The lowest BCUT2D eigenvalue weighted by Gasteiger charge is -2.06. The van der Waals surface area contributed by atoms with Gasteiger partial charge in [-0.2, -0.15) is 0 Å². The van der Waals surface area contributed by atoms with Crippen LogP contribution in [0.15, 0.2) is 16.5 Å². The summed E-state index contributed by atoms with van der Waals surface area (Å²) in [7, 11) is 0. The molecular weight excluding hydrogens is 258 g/mol. The third-order valence-corrected chi connectivity index (χ3v) is 2.98. The van der Waals surface area contributed by atoms with E-state index in [0.717, 1.165) is 17.3 Å². The molecule has 0 aromatic carbocycles. The molecule has 2 rings (SSSR count). The average Bonchev–Trinajstić information content (AvgIpc) is 2.96. The summed E-state index contributed by atoms with van der Waals surface area (Å²) in [4.78, 5) is 16.1. The number of anilines is 1. The number of aromatic nitrogens is 2. The highest BCUT2D eigenvalue weighted by Crippen LogP contribution is 2.19. The highest BCUT2D eigenvalue weighted by atomic mass is 16.5. The molecule has 6 nitrogen and oxygen atoms in total. The summed E-state index contributed by atoms with van der Waals surface area (Å²) in [5.41, 5.74) is 6.20. The molecule has 20 heavy (non-hydrogen) atoms. The second-order valence-electron chi connectivity index (χ2n) is 4.43. The van der Waals surface area contributed by atoms with Crippen molar-refractivity contribution in [2.24, 2.45) is 0 Å². The van der Waals surface area contributed by atoms with Gasteiger partial charge in [0.05, 0.1) is 13.2 Å². The van der Waals surface area contributed by atoms with Crippen molar-refractivity contribution < 1.29 is 13.9 Å². The Hall–Kier alpha value is -2.24. The first-order valence-corrected chi connectivity index (χ1v) is 6.64. The third kappa shape index (κ3) is 2.68. The minimum absolute atomic E-state index is 0.173. The Morgan fingerprint density at radius 2 is 2.20 bits per heavy atom. The van der Waals surface area contributed by atoms with Crippen LogP contribution in [0, 0.1) is 6.92 Å². The number of imidazole rings is 1. The van der Waals surface area contributed by atoms with Crippen molar-refractivity contribution in [1.82, 2.24) is 9.55 Å². The first-order chi connectivity index (χ1) is 9.56. The van der Waals surface area contributed by atoms with Crippen molar-refractivity contribution in [3.05, 3.63) is 35.2 Å². The number of rotatable bonds is 5. The van der Waals surface area contributed by atoms with Crippen LogP contribution in [0.4, 0.5) is 5.82 Å². The monoisotopic (exact) mass is 277 g/mol. The lowest BCUT2D eigenvalue weighted by atomic mass is 10.4. The van der Waals surface area contributed by atoms with Gasteiger partial charge in [-0.05, 0) is 26.0 Å². The maximum Gasteiger partial charge on any atom is 0.360 e. The Morgan fingerprint density at radius 3 is 2.75 bits per heavy atom. The zero-order valence-corrected chi connectivity index (χ0v) is 12.0. The van der Waals surface area contributed by atoms with Crippen molar-refractivity contribution in [3.63, 3.8) is 0 Å². The van der Waals surface area contributed by atoms with E-state index in [1.807, 2.05) is 26.0 Å². The molecule has 0 bridgehead atoms. The van der Waals surface area contributed by atoms with Crippen LogP contribution in [0.3, 0.4) is 0 Å². The number of nitrogens with two attached hydrogens (primary N) is 1. The van der Waals surface area contributed by atoms with Gasteiger partial charge in [0.2, 0.25) is 0 Å². The second kappa shape index (κ2) is 5.81. The summed E-state index contributed by atoms with van der Waals surface area (Å²) in [6.45, 7) is 6.34. The molecule has 0 radical (unpaired) electrons. The van der Waals surface area contributed by atoms with E-state index in [9.17, 15) is 4.79 Å². The number of furan rings is 1. The molecule has 0 spiro atoms. The number of nitrogens with zero attached hydrogens (tertiary/aromatic N) is 2. The van der Waals surface area contributed by atoms with Crippen LogP contribution in [0.25, 0.3) is 0 Å². The molecule has 0 unspecified atom stereocenters. The van der Waals surface area contributed by atoms with Gasteiger partial charge >= 0.3 is 5.97 Å². The molecule has 0 aliphatic heterocycles. The van der Waals surface area contributed by atoms with Gasteiger partial charge in [0, 0.05) is 6.42 Å². The topological polar surface area (TPSA) is 83.3 Å². The summed E-state index contributed by atoms with van der Waals surface area (Å²) in [6, 6.07) is 3.78. The molecule has 0 atom stereocenters. The first kappa shape index (κ1) is 14.2. The van der Waals surface area contributed by atoms with Gasteiger partial charge < -0.3 is 19.5 Å². The van der Waals surface area contributed by atoms with Crippen molar-refractivity contribution in [1.29, 1.82) is 0 Å². The third-order valence-electron chi connectivity index (χ3n) is 2.98. The quantitative estimate of drug-likeness (QED) is 0.847. The van der Waals surface area contributed by atoms with E-state index in [1.54, 1.807) is 11.5 Å². The van der Waals surface area contributed by atoms with Gasteiger partial charge in [0.1, 0.15) is 23.2 Å². The predicted molar refractivity (Wildman–Crippen MR) is 74.5 cm³/mol. The Morgan fingerprint density at radius 1 is 1.45 bits per heavy atom. The number of aryl methyl sites for hydroxylation is 2. The van der Waals surface area contributed by atoms with Gasteiger partial charge in [0.25, 0.3) is 0 Å². The van der Waals surface area contributed by atoms with Crippen molar-refractivity contribution in [2.75, 3.05) is 12.3 Å². The minimum atomic E-state index is -0.492. The van der Waals surface area contributed by atoms with E-state index in [4.69, 9.17) is 14.9 Å². The Bertz CT molecular complexity index is 613. The fourth-order valence-electron chi connectivity index (χ4n) is 2.04. The van der Waals surface area contributed by atoms with Crippen LogP contribution in [0.2, 0.25) is 0 Å². The summed E-state index contributed by atoms with van der Waals surface area (Å²) in [5.74, 6) is 2.17. The fraction of sp³-hybridized carbons (Fsp3) is 0.429. The van der Waals surface area contributed by atoms with E-state index >= 15 is 0 Å². The molecule has 2 N–H and O–H groups in total. The van der Waals surface area contributed by atoms with Crippen LogP contribution in [-0.2, 0) is 17.7 Å². The van der Waals surface area contributed by atoms with Gasteiger partial charge in [-0.1, -0.05) is 6.92 Å². The second-order valence-corrected chi connectivity index (χ2v) is 4.43. The number of carbonyl (C=O) groups is 1. The summed E-state index contributed by atoms with van der Waals surface area (Å²) in [6.07, 6.45) is 0.670. The molecule has 108 valence electrons. The normalized spacial score (nSPS) is 10.8. The van der Waals surface area contributed by atoms with E-state index in [1.165, 1.54) is 0 Å². The van der Waals surface area contributed by atoms with Crippen LogP contribution in [0.1, 0.15) is 41.7 Å². The highest BCUT2D eigenvalue weighted by Gasteiger charge is 2.21. The predicted octanol–water partition coefficient (Wildman–Crippen LogP) is 2.15. The van der Waals surface area contributed by atoms with E-state index in [0.29, 0.717) is 25.4 Å². The molecule has 6 heteroatoms. The smallest absolute Gasteiger partial charge is 0.360 e. The molecule has 0 saturated heterocycles. The molecule has 0 aliphatic carbocycles. The van der Waals surface area contributed by atoms with Crippen LogP contribution < -0.4 is 5.73 Å². The van der Waals surface area contributed by atoms with Crippen LogP contribution in [0.5, 0.6) is 0 Å². The lowest BCUT2D eigenvalue weighted by Crippen LogP contribution is -2.10. The number of ether oxygens (including phenoxy) is 1. The number of carbonyl (C=O) groups excluding carboxylic acids is 1. The molecule has 0 fully saturated rings. The molecule has 0 saturated carbocycles. The van der Waals surface area contributed by atoms with E-state index in [2.05, 4.69) is 4.98 Å². The van der Waals surface area contributed by atoms with Gasteiger partial charge in [-0.15, -0.1) is 0 Å². The van der Waals surface area contributed by atoms with E-state index < -0.39 is 5.97 Å². The molecular formula is C14H19N3O3. The maximum absolute atomic E-state index is 11.8. The molecule has 2 aromatic rings. The molecule has 2 aromatic heterocycles. The zero-order valence-electron chi connectivity index (χ0n) is 12.0.